The van der Waals surface area contributed by atoms with Crippen LogP contribution in [0.3, 0.4) is 0 Å². The van der Waals surface area contributed by atoms with E-state index >= 15 is 0 Å². The summed E-state index contributed by atoms with van der Waals surface area (Å²) < 4.78 is 0. The summed E-state index contributed by atoms with van der Waals surface area (Å²) in [5.41, 5.74) is 1.98. The number of piperidine rings is 1. The zero-order valence-electron chi connectivity index (χ0n) is 18.3. The zero-order chi connectivity index (χ0) is 21.2. The minimum absolute atomic E-state index is 0.0131. The van der Waals surface area contributed by atoms with Crippen LogP contribution in [0.4, 0.5) is 0 Å². The molecule has 0 aromatic heterocycles. The lowest BCUT2D eigenvalue weighted by molar-refractivity contribution is -0.128. The highest BCUT2D eigenvalue weighted by molar-refractivity contribution is 5.96. The van der Waals surface area contributed by atoms with Gasteiger partial charge in [0.1, 0.15) is 0 Å². The predicted octanol–water partition coefficient (Wildman–Crippen LogP) is 4.87. The fourth-order valence-corrected chi connectivity index (χ4v) is 4.25. The molecule has 1 aliphatic heterocycles. The molecule has 3 rings (SSSR count). The van der Waals surface area contributed by atoms with Crippen LogP contribution in [0, 0.1) is 11.8 Å². The Bertz CT molecular complexity index is 749. The lowest BCUT2D eigenvalue weighted by Crippen LogP contribution is -2.39. The number of hydrogen-bond donors (Lipinski definition) is 1. The van der Waals surface area contributed by atoms with Gasteiger partial charge in [0.05, 0.1) is 0 Å². The third-order valence-corrected chi connectivity index (χ3v) is 6.25. The van der Waals surface area contributed by atoms with Crippen LogP contribution >= 0.6 is 0 Å². The molecule has 0 aromatic rings. The number of amides is 2. The molecule has 4 heteroatoms. The van der Waals surface area contributed by atoms with E-state index in [0.29, 0.717) is 11.8 Å². The second-order valence-electron chi connectivity index (χ2n) is 8.77. The maximum Gasteiger partial charge on any atom is 0.253 e. The normalized spacial score (nSPS) is 22.2. The molecule has 4 nitrogen and oxygen atoms in total. The predicted molar refractivity (Wildman–Crippen MR) is 123 cm³/mol. The standard InChI is InChI=1S/C26H36N2O2/c1-21-10-12-23(13-11-21)14-15-25(29)27-18-6-5-7-22-16-19-28(20-17-22)26(30)24-8-3-2-4-9-24/h3,8-10,12-15,21-22H,2,4-7,11,16-20H2,1H3,(H,27,29)/b15-14+. The molecule has 0 bridgehead atoms. The van der Waals surface area contributed by atoms with Gasteiger partial charge in [0.2, 0.25) is 5.91 Å². The molecule has 0 aromatic carbocycles. The molecule has 0 saturated carbocycles. The molecule has 0 radical (unpaired) electrons. The van der Waals surface area contributed by atoms with Crippen molar-refractivity contribution in [3.05, 3.63) is 59.8 Å². The number of allylic oxidation sites excluding steroid dienone is 7. The SMILES string of the molecule is CC1C=CC(/C=C/C(=O)NCCCCC2CCN(C(=O)C3=CCCC=C3)CC2)=CC1. The number of hydrogen-bond acceptors (Lipinski definition) is 2. The smallest absolute Gasteiger partial charge is 0.253 e. The summed E-state index contributed by atoms with van der Waals surface area (Å²) in [4.78, 5) is 26.5. The fraction of sp³-hybridized carbons (Fsp3) is 0.538. The van der Waals surface area contributed by atoms with Crippen LogP contribution in [0.5, 0.6) is 0 Å². The number of likely N-dealkylation sites (tertiary alicyclic amines) is 1. The molecule has 1 N–H and O–H groups in total. The Labute approximate surface area is 181 Å². The van der Waals surface area contributed by atoms with E-state index in [1.165, 1.54) is 6.42 Å². The number of carbonyl (C=O) groups excluding carboxylic acids is 2. The van der Waals surface area contributed by atoms with Crippen molar-refractivity contribution >= 4 is 11.8 Å². The van der Waals surface area contributed by atoms with Gasteiger partial charge >= 0.3 is 0 Å². The minimum Gasteiger partial charge on any atom is -0.353 e. The van der Waals surface area contributed by atoms with E-state index in [2.05, 4.69) is 42.6 Å². The third kappa shape index (κ3) is 7.16. The van der Waals surface area contributed by atoms with E-state index in [1.807, 2.05) is 17.1 Å². The van der Waals surface area contributed by atoms with Crippen LogP contribution in [0.2, 0.25) is 0 Å². The molecule has 1 saturated heterocycles. The molecule has 2 aliphatic carbocycles. The Kier molecular flexibility index (Phi) is 8.73. The number of nitrogens with zero attached hydrogens (tertiary/aromatic N) is 1. The van der Waals surface area contributed by atoms with Gasteiger partial charge in [-0.15, -0.1) is 0 Å². The van der Waals surface area contributed by atoms with Gasteiger partial charge in [-0.2, -0.15) is 0 Å². The van der Waals surface area contributed by atoms with Gasteiger partial charge in [0.15, 0.2) is 0 Å². The Balaban J connectivity index is 1.25. The Morgan fingerprint density at radius 3 is 2.67 bits per heavy atom. The molecule has 3 aliphatic rings. The third-order valence-electron chi connectivity index (χ3n) is 6.25. The Hall–Kier alpha value is -2.36. The van der Waals surface area contributed by atoms with Crippen LogP contribution in [-0.2, 0) is 9.59 Å². The van der Waals surface area contributed by atoms with Gasteiger partial charge in [-0.1, -0.05) is 56.2 Å². The molecule has 1 heterocycles. The van der Waals surface area contributed by atoms with E-state index in [4.69, 9.17) is 0 Å². The summed E-state index contributed by atoms with van der Waals surface area (Å²) in [6.07, 6.45) is 24.7. The van der Waals surface area contributed by atoms with Crippen molar-refractivity contribution in [2.75, 3.05) is 19.6 Å². The first-order valence-electron chi connectivity index (χ1n) is 11.6. The van der Waals surface area contributed by atoms with Crippen molar-refractivity contribution in [2.45, 2.75) is 58.3 Å². The van der Waals surface area contributed by atoms with Crippen LogP contribution in [0.1, 0.15) is 58.3 Å². The lowest BCUT2D eigenvalue weighted by atomic mass is 9.91. The van der Waals surface area contributed by atoms with Crippen LogP contribution < -0.4 is 5.32 Å². The molecular weight excluding hydrogens is 372 g/mol. The first-order valence-corrected chi connectivity index (χ1v) is 11.6. The topological polar surface area (TPSA) is 49.4 Å². The molecule has 30 heavy (non-hydrogen) atoms. The quantitative estimate of drug-likeness (QED) is 0.460. The fourth-order valence-electron chi connectivity index (χ4n) is 4.25. The highest BCUT2D eigenvalue weighted by Crippen LogP contribution is 2.24. The van der Waals surface area contributed by atoms with E-state index in [0.717, 1.165) is 75.7 Å². The number of nitrogens with one attached hydrogen (secondary N) is 1. The van der Waals surface area contributed by atoms with E-state index in [-0.39, 0.29) is 11.8 Å². The number of rotatable bonds is 8. The molecule has 0 spiro atoms. The summed E-state index contributed by atoms with van der Waals surface area (Å²) in [6.45, 7) is 4.67. The van der Waals surface area contributed by atoms with Gasteiger partial charge in [-0.3, -0.25) is 9.59 Å². The van der Waals surface area contributed by atoms with Crippen molar-refractivity contribution in [2.24, 2.45) is 11.8 Å². The number of carbonyl (C=O) groups is 2. The highest BCUT2D eigenvalue weighted by Gasteiger charge is 2.24. The van der Waals surface area contributed by atoms with Gasteiger partial charge in [0.25, 0.3) is 5.91 Å². The zero-order valence-corrected chi connectivity index (χ0v) is 18.3. The van der Waals surface area contributed by atoms with Gasteiger partial charge in [-0.05, 0) is 62.0 Å². The molecule has 1 fully saturated rings. The maximum atomic E-state index is 12.5. The van der Waals surface area contributed by atoms with Crippen molar-refractivity contribution in [3.8, 4) is 0 Å². The molecule has 162 valence electrons. The monoisotopic (exact) mass is 408 g/mol. The van der Waals surface area contributed by atoms with Gasteiger partial charge in [-0.25, -0.2) is 0 Å². The average molecular weight is 409 g/mol. The van der Waals surface area contributed by atoms with Crippen molar-refractivity contribution in [3.63, 3.8) is 0 Å². The van der Waals surface area contributed by atoms with Crippen molar-refractivity contribution < 1.29 is 9.59 Å². The van der Waals surface area contributed by atoms with E-state index < -0.39 is 0 Å². The molecular formula is C26H36N2O2. The summed E-state index contributed by atoms with van der Waals surface area (Å²) in [6, 6.07) is 0. The Morgan fingerprint density at radius 2 is 1.97 bits per heavy atom. The highest BCUT2D eigenvalue weighted by atomic mass is 16.2. The first kappa shape index (κ1) is 22.3. The largest absolute Gasteiger partial charge is 0.353 e. The summed E-state index contributed by atoms with van der Waals surface area (Å²) in [7, 11) is 0. The van der Waals surface area contributed by atoms with Crippen LogP contribution in [-0.4, -0.2) is 36.3 Å². The minimum atomic E-state index is -0.0131. The van der Waals surface area contributed by atoms with E-state index in [9.17, 15) is 9.59 Å². The number of unbranched alkanes of at least 4 members (excludes halogenated alkanes) is 1. The van der Waals surface area contributed by atoms with E-state index in [1.54, 1.807) is 6.08 Å². The molecule has 1 atom stereocenters. The van der Waals surface area contributed by atoms with Gasteiger partial charge in [0, 0.05) is 31.3 Å². The van der Waals surface area contributed by atoms with Crippen molar-refractivity contribution in [1.82, 2.24) is 10.2 Å². The van der Waals surface area contributed by atoms with Gasteiger partial charge < -0.3 is 10.2 Å². The first-order chi connectivity index (χ1) is 14.6. The van der Waals surface area contributed by atoms with Crippen molar-refractivity contribution in [1.29, 1.82) is 0 Å². The summed E-state index contributed by atoms with van der Waals surface area (Å²) in [5, 5.41) is 2.98. The van der Waals surface area contributed by atoms with Crippen LogP contribution in [0.15, 0.2) is 59.8 Å². The van der Waals surface area contributed by atoms with Crippen LogP contribution in [0.25, 0.3) is 0 Å². The summed E-state index contributed by atoms with van der Waals surface area (Å²) in [5.74, 6) is 1.48. The maximum absolute atomic E-state index is 12.5. The Morgan fingerprint density at radius 1 is 1.13 bits per heavy atom. The average Bonchev–Trinajstić information content (AvgIpc) is 2.79. The molecule has 1 unspecified atom stereocenters. The summed E-state index contributed by atoms with van der Waals surface area (Å²) >= 11 is 0. The lowest BCUT2D eigenvalue weighted by Gasteiger charge is -2.32. The second kappa shape index (κ2) is 11.7. The molecule has 2 amide bonds. The second-order valence-corrected chi connectivity index (χ2v) is 8.77.